The Kier molecular flexibility index (Phi) is 3.11. The summed E-state index contributed by atoms with van der Waals surface area (Å²) >= 11 is 0. The third kappa shape index (κ3) is 6.67. The standard InChI is InChI=1S/C3H5NO5/c5-3(6)9-2-1-4(7)8/h1-2H2,(H,5,6). The smallest absolute Gasteiger partial charge is 0.450 e. The SMILES string of the molecule is O=C(O)OCC[N+](=O)[O-]. The zero-order chi connectivity index (χ0) is 7.28. The van der Waals surface area contributed by atoms with Gasteiger partial charge in [0.2, 0.25) is 6.54 Å². The number of rotatable bonds is 3. The van der Waals surface area contributed by atoms with Crippen LogP contribution in [0.2, 0.25) is 0 Å². The summed E-state index contributed by atoms with van der Waals surface area (Å²) in [4.78, 5) is 18.4. The summed E-state index contributed by atoms with van der Waals surface area (Å²) in [5.74, 6) is 0. The normalized spacial score (nSPS) is 8.44. The molecule has 0 amide bonds. The van der Waals surface area contributed by atoms with Gasteiger partial charge in [0.25, 0.3) is 0 Å². The monoisotopic (exact) mass is 135 g/mol. The van der Waals surface area contributed by atoms with Gasteiger partial charge in [-0.15, -0.1) is 0 Å². The molecule has 0 aliphatic rings. The first-order chi connectivity index (χ1) is 4.13. The second-order valence-corrected chi connectivity index (χ2v) is 1.17. The lowest BCUT2D eigenvalue weighted by Gasteiger charge is -1.92. The van der Waals surface area contributed by atoms with Gasteiger partial charge in [-0.2, -0.15) is 0 Å². The minimum Gasteiger partial charge on any atom is -0.450 e. The van der Waals surface area contributed by atoms with Gasteiger partial charge in [-0.05, 0) is 0 Å². The Bertz CT molecular complexity index is 107. The average molecular weight is 135 g/mol. The van der Waals surface area contributed by atoms with E-state index in [2.05, 4.69) is 4.74 Å². The van der Waals surface area contributed by atoms with E-state index in [4.69, 9.17) is 5.11 Å². The molecule has 1 N–H and O–H groups in total. The van der Waals surface area contributed by atoms with Gasteiger partial charge in [0, 0.05) is 4.92 Å². The highest BCUT2D eigenvalue weighted by Gasteiger charge is 1.99. The molecule has 0 aromatic rings. The van der Waals surface area contributed by atoms with Crippen LogP contribution in [0.4, 0.5) is 4.79 Å². The van der Waals surface area contributed by atoms with Crippen molar-refractivity contribution in [2.75, 3.05) is 13.2 Å². The molecule has 0 unspecified atom stereocenters. The van der Waals surface area contributed by atoms with E-state index in [1.807, 2.05) is 0 Å². The van der Waals surface area contributed by atoms with Crippen LogP contribution >= 0.6 is 0 Å². The maximum atomic E-state index is 9.54. The molecular weight excluding hydrogens is 130 g/mol. The molecule has 52 valence electrons. The van der Waals surface area contributed by atoms with Crippen LogP contribution in [-0.2, 0) is 4.74 Å². The van der Waals surface area contributed by atoms with Crippen molar-refractivity contribution in [3.8, 4) is 0 Å². The Morgan fingerprint density at radius 2 is 2.33 bits per heavy atom. The summed E-state index contributed by atoms with van der Waals surface area (Å²) in [7, 11) is 0. The number of carbonyl (C=O) groups is 1. The second-order valence-electron chi connectivity index (χ2n) is 1.17. The Labute approximate surface area is 50.2 Å². The largest absolute Gasteiger partial charge is 0.506 e. The van der Waals surface area contributed by atoms with Crippen LogP contribution < -0.4 is 0 Å². The zero-order valence-corrected chi connectivity index (χ0v) is 4.44. The van der Waals surface area contributed by atoms with E-state index in [1.54, 1.807) is 0 Å². The molecule has 0 aromatic heterocycles. The van der Waals surface area contributed by atoms with Crippen molar-refractivity contribution in [3.63, 3.8) is 0 Å². The summed E-state index contributed by atoms with van der Waals surface area (Å²) in [6, 6.07) is 0. The van der Waals surface area contributed by atoms with Crippen molar-refractivity contribution in [2.24, 2.45) is 0 Å². The maximum Gasteiger partial charge on any atom is 0.506 e. The highest BCUT2D eigenvalue weighted by molar-refractivity contribution is 5.56. The Balaban J connectivity index is 3.10. The molecule has 0 aliphatic carbocycles. The highest BCUT2D eigenvalue weighted by atomic mass is 16.7. The second kappa shape index (κ2) is 3.65. The van der Waals surface area contributed by atoms with Crippen molar-refractivity contribution >= 4 is 6.16 Å². The molecule has 0 saturated carbocycles. The predicted molar refractivity (Wildman–Crippen MR) is 25.8 cm³/mol. The minimum absolute atomic E-state index is 0.387. The van der Waals surface area contributed by atoms with Crippen LogP contribution in [0.25, 0.3) is 0 Å². The van der Waals surface area contributed by atoms with Crippen molar-refractivity contribution in [3.05, 3.63) is 10.1 Å². The third-order valence-electron chi connectivity index (χ3n) is 0.499. The van der Waals surface area contributed by atoms with Crippen LogP contribution in [-0.4, -0.2) is 29.3 Å². The van der Waals surface area contributed by atoms with Gasteiger partial charge in [-0.1, -0.05) is 0 Å². The average Bonchev–Trinajstić information content (AvgIpc) is 1.63. The summed E-state index contributed by atoms with van der Waals surface area (Å²) < 4.78 is 3.83. The van der Waals surface area contributed by atoms with E-state index in [-0.39, 0.29) is 6.61 Å². The highest BCUT2D eigenvalue weighted by Crippen LogP contribution is 1.75. The number of carboxylic acid groups (broad SMARTS) is 1. The third-order valence-corrected chi connectivity index (χ3v) is 0.499. The van der Waals surface area contributed by atoms with Crippen LogP contribution in [0, 0.1) is 10.1 Å². The van der Waals surface area contributed by atoms with E-state index in [9.17, 15) is 14.9 Å². The van der Waals surface area contributed by atoms with E-state index in [0.29, 0.717) is 0 Å². The van der Waals surface area contributed by atoms with E-state index in [1.165, 1.54) is 0 Å². The van der Waals surface area contributed by atoms with Crippen molar-refractivity contribution < 1.29 is 19.6 Å². The molecule has 0 aromatic carbocycles. The lowest BCUT2D eigenvalue weighted by molar-refractivity contribution is -0.482. The number of nitro groups is 1. The summed E-state index contributed by atoms with van der Waals surface area (Å²) in [6.07, 6.45) is -1.49. The van der Waals surface area contributed by atoms with Crippen molar-refractivity contribution in [1.82, 2.24) is 0 Å². The summed E-state index contributed by atoms with van der Waals surface area (Å²) in [6.45, 7) is -0.866. The number of nitrogens with zero attached hydrogens (tertiary/aromatic N) is 1. The van der Waals surface area contributed by atoms with Crippen molar-refractivity contribution in [1.29, 1.82) is 0 Å². The Morgan fingerprint density at radius 1 is 1.78 bits per heavy atom. The predicted octanol–water partition coefficient (Wildman–Crippen LogP) is -0.0423. The van der Waals surface area contributed by atoms with E-state index >= 15 is 0 Å². The van der Waals surface area contributed by atoms with Gasteiger partial charge >= 0.3 is 6.16 Å². The van der Waals surface area contributed by atoms with E-state index in [0.717, 1.165) is 0 Å². The number of hydrogen-bond acceptors (Lipinski definition) is 4. The molecule has 0 rings (SSSR count). The molecule has 0 fully saturated rings. The first-order valence-electron chi connectivity index (χ1n) is 2.10. The molecular formula is C3H5NO5. The van der Waals surface area contributed by atoms with Gasteiger partial charge in [0.1, 0.15) is 0 Å². The summed E-state index contributed by atoms with van der Waals surface area (Å²) in [5, 5.41) is 17.3. The zero-order valence-electron chi connectivity index (χ0n) is 4.44. The molecule has 0 bridgehead atoms. The van der Waals surface area contributed by atoms with Gasteiger partial charge in [-0.3, -0.25) is 10.1 Å². The van der Waals surface area contributed by atoms with Crippen LogP contribution in [0.3, 0.4) is 0 Å². The Morgan fingerprint density at radius 3 is 2.67 bits per heavy atom. The minimum atomic E-state index is -1.49. The van der Waals surface area contributed by atoms with E-state index < -0.39 is 17.6 Å². The quantitative estimate of drug-likeness (QED) is 0.333. The fraction of sp³-hybridized carbons (Fsp3) is 0.667. The van der Waals surface area contributed by atoms with Gasteiger partial charge < -0.3 is 9.84 Å². The first-order valence-corrected chi connectivity index (χ1v) is 2.10. The van der Waals surface area contributed by atoms with Crippen molar-refractivity contribution in [2.45, 2.75) is 0 Å². The lowest BCUT2D eigenvalue weighted by Crippen LogP contribution is -2.11. The fourth-order valence-electron chi connectivity index (χ4n) is 0.207. The Hall–Kier alpha value is -1.33. The first kappa shape index (κ1) is 7.67. The topological polar surface area (TPSA) is 89.7 Å². The fourth-order valence-corrected chi connectivity index (χ4v) is 0.207. The molecule has 0 spiro atoms. The lowest BCUT2D eigenvalue weighted by atomic mass is 10.7. The van der Waals surface area contributed by atoms with Gasteiger partial charge in [0.05, 0.1) is 0 Å². The van der Waals surface area contributed by atoms with Crippen LogP contribution in [0.5, 0.6) is 0 Å². The molecule has 6 nitrogen and oxygen atoms in total. The van der Waals surface area contributed by atoms with Gasteiger partial charge in [0.15, 0.2) is 6.61 Å². The molecule has 0 radical (unpaired) electrons. The maximum absolute atomic E-state index is 9.54. The molecule has 0 atom stereocenters. The molecule has 0 aliphatic heterocycles. The van der Waals surface area contributed by atoms with Crippen LogP contribution in [0.15, 0.2) is 0 Å². The van der Waals surface area contributed by atoms with Crippen LogP contribution in [0.1, 0.15) is 0 Å². The molecule has 6 heteroatoms. The number of ether oxygens (including phenoxy) is 1. The van der Waals surface area contributed by atoms with Gasteiger partial charge in [-0.25, -0.2) is 4.79 Å². The molecule has 0 saturated heterocycles. The molecule has 9 heavy (non-hydrogen) atoms. The molecule has 0 heterocycles. The number of hydrogen-bond donors (Lipinski definition) is 1. The summed E-state index contributed by atoms with van der Waals surface area (Å²) in [5.41, 5.74) is 0.